The predicted molar refractivity (Wildman–Crippen MR) is 57.9 cm³/mol. The van der Waals surface area contributed by atoms with Crippen LogP contribution < -0.4 is 11.1 Å². The highest BCUT2D eigenvalue weighted by atomic mass is 16.1. The number of carbonyl (C=O) groups excluding carboxylic acids is 1. The number of nitrogens with one attached hydrogen (secondary N) is 2. The zero-order chi connectivity index (χ0) is 10.7. The molecule has 0 spiro atoms. The summed E-state index contributed by atoms with van der Waals surface area (Å²) in [7, 11) is 0. The number of H-pyrrole nitrogens is 1. The standard InChI is InChI=1S/C11H15N3O/c12-10-2-1-9(5-10)11(15)14-7-8-3-4-13-6-8/h1-4,6,9-10,13H,5,7,12H2,(H,14,15). The summed E-state index contributed by atoms with van der Waals surface area (Å²) in [6.07, 6.45) is 8.21. The minimum atomic E-state index is -0.0565. The summed E-state index contributed by atoms with van der Waals surface area (Å²) in [6, 6.07) is 1.98. The molecule has 1 heterocycles. The van der Waals surface area contributed by atoms with Crippen LogP contribution in [-0.4, -0.2) is 16.9 Å². The minimum absolute atomic E-state index is 0.0352. The lowest BCUT2D eigenvalue weighted by molar-refractivity contribution is -0.123. The first-order valence-electron chi connectivity index (χ1n) is 5.09. The van der Waals surface area contributed by atoms with E-state index < -0.39 is 0 Å². The molecule has 0 saturated carbocycles. The first-order chi connectivity index (χ1) is 7.25. The van der Waals surface area contributed by atoms with Crippen molar-refractivity contribution in [2.24, 2.45) is 11.7 Å². The van der Waals surface area contributed by atoms with Crippen molar-refractivity contribution < 1.29 is 4.79 Å². The van der Waals surface area contributed by atoms with E-state index in [1.165, 1.54) is 0 Å². The maximum atomic E-state index is 11.7. The van der Waals surface area contributed by atoms with E-state index in [4.69, 9.17) is 5.73 Å². The lowest BCUT2D eigenvalue weighted by Gasteiger charge is -2.09. The van der Waals surface area contributed by atoms with E-state index in [-0.39, 0.29) is 17.9 Å². The van der Waals surface area contributed by atoms with Crippen LogP contribution in [0, 0.1) is 5.92 Å². The maximum absolute atomic E-state index is 11.7. The number of rotatable bonds is 3. The van der Waals surface area contributed by atoms with Crippen LogP contribution >= 0.6 is 0 Å². The van der Waals surface area contributed by atoms with Crippen LogP contribution in [0.5, 0.6) is 0 Å². The zero-order valence-electron chi connectivity index (χ0n) is 8.44. The molecule has 4 nitrogen and oxygen atoms in total. The average molecular weight is 205 g/mol. The first-order valence-corrected chi connectivity index (χ1v) is 5.09. The summed E-state index contributed by atoms with van der Waals surface area (Å²) in [5.41, 5.74) is 6.76. The van der Waals surface area contributed by atoms with Crippen LogP contribution in [0.15, 0.2) is 30.6 Å². The molecule has 1 aromatic rings. The van der Waals surface area contributed by atoms with E-state index in [0.717, 1.165) is 12.0 Å². The number of hydrogen-bond donors (Lipinski definition) is 3. The average Bonchev–Trinajstić information content (AvgIpc) is 2.84. The van der Waals surface area contributed by atoms with Gasteiger partial charge in [0, 0.05) is 25.0 Å². The van der Waals surface area contributed by atoms with Crippen LogP contribution in [0.1, 0.15) is 12.0 Å². The maximum Gasteiger partial charge on any atom is 0.227 e. The third-order valence-electron chi connectivity index (χ3n) is 2.58. The summed E-state index contributed by atoms with van der Waals surface area (Å²) in [5.74, 6) is -0.000609. The van der Waals surface area contributed by atoms with Crippen molar-refractivity contribution >= 4 is 5.91 Å². The molecule has 0 aliphatic heterocycles. The Hall–Kier alpha value is -1.55. The zero-order valence-corrected chi connectivity index (χ0v) is 8.44. The van der Waals surface area contributed by atoms with Gasteiger partial charge in [-0.1, -0.05) is 12.2 Å². The highest BCUT2D eigenvalue weighted by Gasteiger charge is 2.22. The van der Waals surface area contributed by atoms with Gasteiger partial charge in [-0.2, -0.15) is 0 Å². The Morgan fingerprint density at radius 2 is 2.47 bits per heavy atom. The van der Waals surface area contributed by atoms with E-state index in [0.29, 0.717) is 6.54 Å². The molecule has 0 aromatic carbocycles. The molecule has 1 aliphatic rings. The quantitative estimate of drug-likeness (QED) is 0.630. The van der Waals surface area contributed by atoms with Crippen molar-refractivity contribution in [3.8, 4) is 0 Å². The van der Waals surface area contributed by atoms with Crippen molar-refractivity contribution in [1.29, 1.82) is 0 Å². The fourth-order valence-electron chi connectivity index (χ4n) is 1.71. The highest BCUT2D eigenvalue weighted by Crippen LogP contribution is 2.16. The van der Waals surface area contributed by atoms with E-state index >= 15 is 0 Å². The Kier molecular flexibility index (Phi) is 2.87. The number of amides is 1. The molecule has 0 radical (unpaired) electrons. The highest BCUT2D eigenvalue weighted by molar-refractivity contribution is 5.81. The van der Waals surface area contributed by atoms with Crippen LogP contribution in [0.2, 0.25) is 0 Å². The van der Waals surface area contributed by atoms with E-state index in [1.54, 1.807) is 0 Å². The summed E-state index contributed by atoms with van der Waals surface area (Å²) >= 11 is 0. The lowest BCUT2D eigenvalue weighted by atomic mass is 10.1. The lowest BCUT2D eigenvalue weighted by Crippen LogP contribution is -2.30. The largest absolute Gasteiger partial charge is 0.367 e. The van der Waals surface area contributed by atoms with Gasteiger partial charge in [-0.3, -0.25) is 4.79 Å². The van der Waals surface area contributed by atoms with E-state index in [2.05, 4.69) is 10.3 Å². The molecule has 2 unspecified atom stereocenters. The Morgan fingerprint density at radius 3 is 3.07 bits per heavy atom. The van der Waals surface area contributed by atoms with Crippen LogP contribution in [0.4, 0.5) is 0 Å². The van der Waals surface area contributed by atoms with Crippen molar-refractivity contribution in [2.75, 3.05) is 0 Å². The van der Waals surface area contributed by atoms with E-state index in [9.17, 15) is 4.79 Å². The topological polar surface area (TPSA) is 70.9 Å². The van der Waals surface area contributed by atoms with Crippen molar-refractivity contribution in [3.63, 3.8) is 0 Å². The smallest absolute Gasteiger partial charge is 0.227 e. The van der Waals surface area contributed by atoms with Crippen molar-refractivity contribution in [3.05, 3.63) is 36.2 Å². The molecular weight excluding hydrogens is 190 g/mol. The van der Waals surface area contributed by atoms with Crippen LogP contribution in [0.25, 0.3) is 0 Å². The Morgan fingerprint density at radius 1 is 1.60 bits per heavy atom. The molecule has 80 valence electrons. The second-order valence-electron chi connectivity index (χ2n) is 3.83. The molecule has 2 atom stereocenters. The first kappa shape index (κ1) is 9.98. The fourth-order valence-corrected chi connectivity index (χ4v) is 1.71. The molecule has 0 saturated heterocycles. The van der Waals surface area contributed by atoms with Crippen LogP contribution in [0.3, 0.4) is 0 Å². The van der Waals surface area contributed by atoms with Gasteiger partial charge < -0.3 is 16.0 Å². The molecular formula is C11H15N3O. The Balaban J connectivity index is 1.81. The number of hydrogen-bond acceptors (Lipinski definition) is 2. The summed E-state index contributed by atoms with van der Waals surface area (Å²) < 4.78 is 0. The van der Waals surface area contributed by atoms with Gasteiger partial charge in [-0.15, -0.1) is 0 Å². The molecule has 0 fully saturated rings. The normalized spacial score (nSPS) is 24.3. The van der Waals surface area contributed by atoms with Crippen LogP contribution in [-0.2, 0) is 11.3 Å². The van der Waals surface area contributed by atoms with Gasteiger partial charge in [0.1, 0.15) is 0 Å². The minimum Gasteiger partial charge on any atom is -0.367 e. The third kappa shape index (κ3) is 2.47. The number of carbonyl (C=O) groups is 1. The summed E-state index contributed by atoms with van der Waals surface area (Å²) in [5, 5.41) is 2.88. The molecule has 4 heteroatoms. The SMILES string of the molecule is NC1C=CC(C(=O)NCc2cc[nH]c2)C1. The van der Waals surface area contributed by atoms with Gasteiger partial charge in [0.15, 0.2) is 0 Å². The predicted octanol–water partition coefficient (Wildman–Crippen LogP) is 0.534. The van der Waals surface area contributed by atoms with Gasteiger partial charge in [0.25, 0.3) is 0 Å². The molecule has 2 rings (SSSR count). The summed E-state index contributed by atoms with van der Waals surface area (Å²) in [6.45, 7) is 0.571. The number of aromatic amines is 1. The number of aromatic nitrogens is 1. The molecule has 1 aliphatic carbocycles. The fraction of sp³-hybridized carbons (Fsp3) is 0.364. The van der Waals surface area contributed by atoms with E-state index in [1.807, 2.05) is 30.6 Å². The third-order valence-corrected chi connectivity index (χ3v) is 2.58. The second-order valence-corrected chi connectivity index (χ2v) is 3.83. The molecule has 4 N–H and O–H groups in total. The number of nitrogens with two attached hydrogens (primary N) is 1. The Labute approximate surface area is 88.6 Å². The van der Waals surface area contributed by atoms with Gasteiger partial charge in [0.2, 0.25) is 5.91 Å². The van der Waals surface area contributed by atoms with Gasteiger partial charge >= 0.3 is 0 Å². The van der Waals surface area contributed by atoms with Gasteiger partial charge in [-0.25, -0.2) is 0 Å². The van der Waals surface area contributed by atoms with Gasteiger partial charge in [-0.05, 0) is 18.1 Å². The molecule has 1 aromatic heterocycles. The van der Waals surface area contributed by atoms with Gasteiger partial charge in [0.05, 0.1) is 5.92 Å². The molecule has 15 heavy (non-hydrogen) atoms. The second kappa shape index (κ2) is 4.31. The Bertz CT molecular complexity index is 356. The molecule has 1 amide bonds. The van der Waals surface area contributed by atoms with Crippen molar-refractivity contribution in [1.82, 2.24) is 10.3 Å². The monoisotopic (exact) mass is 205 g/mol. The molecule has 0 bridgehead atoms. The summed E-state index contributed by atoms with van der Waals surface area (Å²) in [4.78, 5) is 14.6. The van der Waals surface area contributed by atoms with Crippen molar-refractivity contribution in [2.45, 2.75) is 19.0 Å².